The lowest BCUT2D eigenvalue weighted by Gasteiger charge is -2.20. The molecule has 1 aromatic carbocycles. The summed E-state index contributed by atoms with van der Waals surface area (Å²) in [6, 6.07) is 5.84. The molecule has 0 aromatic heterocycles. The van der Waals surface area contributed by atoms with Gasteiger partial charge in [0.15, 0.2) is 6.10 Å². The zero-order valence-electron chi connectivity index (χ0n) is 12.6. The van der Waals surface area contributed by atoms with Crippen molar-refractivity contribution in [2.75, 3.05) is 37.8 Å². The minimum Gasteiger partial charge on any atom is -0.384 e. The van der Waals surface area contributed by atoms with Gasteiger partial charge in [-0.1, -0.05) is 12.1 Å². The highest BCUT2D eigenvalue weighted by Gasteiger charge is 2.41. The maximum absolute atomic E-state index is 12.9. The predicted molar refractivity (Wildman–Crippen MR) is 80.7 cm³/mol. The Morgan fingerprint density at radius 3 is 2.70 bits per heavy atom. The number of benzene rings is 1. The smallest absolute Gasteiger partial charge is 0.384 e. The van der Waals surface area contributed by atoms with E-state index < -0.39 is 22.3 Å². The number of hydrogen-bond acceptors (Lipinski definition) is 4. The highest BCUT2D eigenvalue weighted by atomic mass is 32.2. The standard InChI is InChI=1S/C14H19F3N2O3S/c1-22-13(14(15,16)17)11-4-2-5-12(10-11)18-6-8-19-7-3-9-23(19,20)21/h2,4-5,10,13,18H,3,6-9H2,1H3. The quantitative estimate of drug-likeness (QED) is 0.854. The molecule has 0 bridgehead atoms. The number of methoxy groups -OCH3 is 1. The fourth-order valence-corrected chi connectivity index (χ4v) is 4.07. The van der Waals surface area contributed by atoms with Crippen molar-refractivity contribution in [1.29, 1.82) is 0 Å². The number of rotatable bonds is 6. The maximum atomic E-state index is 12.9. The van der Waals surface area contributed by atoms with Crippen LogP contribution in [-0.2, 0) is 14.8 Å². The molecule has 0 amide bonds. The number of nitrogens with one attached hydrogen (secondary N) is 1. The van der Waals surface area contributed by atoms with E-state index in [0.29, 0.717) is 31.7 Å². The lowest BCUT2D eigenvalue weighted by atomic mass is 10.1. The molecule has 130 valence electrons. The molecule has 5 nitrogen and oxygen atoms in total. The van der Waals surface area contributed by atoms with Gasteiger partial charge in [0, 0.05) is 32.4 Å². The van der Waals surface area contributed by atoms with Gasteiger partial charge in [0.2, 0.25) is 10.0 Å². The lowest BCUT2D eigenvalue weighted by molar-refractivity contribution is -0.215. The molecule has 2 rings (SSSR count). The van der Waals surface area contributed by atoms with Crippen LogP contribution < -0.4 is 5.32 Å². The summed E-state index contributed by atoms with van der Waals surface area (Å²) in [6.45, 7) is 1.11. The number of anilines is 1. The number of nitrogens with zero attached hydrogens (tertiary/aromatic N) is 1. The molecule has 1 aliphatic rings. The summed E-state index contributed by atoms with van der Waals surface area (Å²) in [6.07, 6.45) is -5.86. The molecule has 1 atom stereocenters. The maximum Gasteiger partial charge on any atom is 0.418 e. The average Bonchev–Trinajstić information content (AvgIpc) is 2.78. The van der Waals surface area contributed by atoms with E-state index in [9.17, 15) is 21.6 Å². The molecule has 1 fully saturated rings. The molecular formula is C14H19F3N2O3S. The normalized spacial score (nSPS) is 19.7. The van der Waals surface area contributed by atoms with Crippen LogP contribution in [0.4, 0.5) is 18.9 Å². The third-order valence-electron chi connectivity index (χ3n) is 3.62. The van der Waals surface area contributed by atoms with E-state index in [-0.39, 0.29) is 11.3 Å². The number of hydrogen-bond donors (Lipinski definition) is 1. The first-order chi connectivity index (χ1) is 10.7. The summed E-state index contributed by atoms with van der Waals surface area (Å²) in [5.74, 6) is 0.156. The van der Waals surface area contributed by atoms with Gasteiger partial charge in [-0.25, -0.2) is 12.7 Å². The van der Waals surface area contributed by atoms with Crippen molar-refractivity contribution in [2.45, 2.75) is 18.7 Å². The second-order valence-corrected chi connectivity index (χ2v) is 7.37. The fraction of sp³-hybridized carbons (Fsp3) is 0.571. The van der Waals surface area contributed by atoms with Crippen LogP contribution in [0.5, 0.6) is 0 Å². The van der Waals surface area contributed by atoms with Crippen LogP contribution in [-0.4, -0.2) is 51.4 Å². The average molecular weight is 352 g/mol. The van der Waals surface area contributed by atoms with E-state index in [2.05, 4.69) is 10.1 Å². The van der Waals surface area contributed by atoms with E-state index in [1.54, 1.807) is 6.07 Å². The molecule has 1 saturated heterocycles. The molecule has 0 saturated carbocycles. The van der Waals surface area contributed by atoms with Crippen LogP contribution in [0.25, 0.3) is 0 Å². The molecular weight excluding hydrogens is 333 g/mol. The topological polar surface area (TPSA) is 58.6 Å². The number of halogens is 3. The molecule has 1 N–H and O–H groups in total. The Kier molecular flexibility index (Phi) is 5.53. The third-order valence-corrected chi connectivity index (χ3v) is 5.57. The summed E-state index contributed by atoms with van der Waals surface area (Å²) in [5.41, 5.74) is 0.490. The number of sulfonamides is 1. The second kappa shape index (κ2) is 7.06. The fourth-order valence-electron chi connectivity index (χ4n) is 2.54. The zero-order valence-corrected chi connectivity index (χ0v) is 13.5. The van der Waals surface area contributed by atoms with Gasteiger partial charge < -0.3 is 10.1 Å². The molecule has 0 aliphatic carbocycles. The van der Waals surface area contributed by atoms with Crippen LogP contribution in [0, 0.1) is 0 Å². The Morgan fingerprint density at radius 2 is 2.13 bits per heavy atom. The number of alkyl halides is 3. The minimum atomic E-state index is -4.49. The molecule has 0 spiro atoms. The van der Waals surface area contributed by atoms with Gasteiger partial charge in [-0.15, -0.1) is 0 Å². The largest absolute Gasteiger partial charge is 0.418 e. The van der Waals surface area contributed by atoms with E-state index in [0.717, 1.165) is 7.11 Å². The van der Waals surface area contributed by atoms with Crippen LogP contribution in [0.2, 0.25) is 0 Å². The summed E-state index contributed by atoms with van der Waals surface area (Å²) < 4.78 is 67.8. The first kappa shape index (κ1) is 18.0. The van der Waals surface area contributed by atoms with Gasteiger partial charge in [0.1, 0.15) is 0 Å². The van der Waals surface area contributed by atoms with E-state index in [4.69, 9.17) is 0 Å². The van der Waals surface area contributed by atoms with Crippen molar-refractivity contribution in [3.63, 3.8) is 0 Å². The third kappa shape index (κ3) is 4.58. The van der Waals surface area contributed by atoms with Gasteiger partial charge in [-0.2, -0.15) is 13.2 Å². The molecule has 1 heterocycles. The molecule has 1 unspecified atom stereocenters. The van der Waals surface area contributed by atoms with Gasteiger partial charge in [0.05, 0.1) is 5.75 Å². The Balaban J connectivity index is 1.98. The lowest BCUT2D eigenvalue weighted by Crippen LogP contribution is -2.30. The van der Waals surface area contributed by atoms with Gasteiger partial charge >= 0.3 is 6.18 Å². The second-order valence-electron chi connectivity index (χ2n) is 5.28. The summed E-state index contributed by atoms with van der Waals surface area (Å²) >= 11 is 0. The molecule has 23 heavy (non-hydrogen) atoms. The molecule has 9 heteroatoms. The first-order valence-corrected chi connectivity index (χ1v) is 8.76. The highest BCUT2D eigenvalue weighted by molar-refractivity contribution is 7.89. The van der Waals surface area contributed by atoms with Crippen LogP contribution in [0.3, 0.4) is 0 Å². The van der Waals surface area contributed by atoms with Gasteiger partial charge in [-0.05, 0) is 24.1 Å². The van der Waals surface area contributed by atoms with Crippen molar-refractivity contribution < 1.29 is 26.3 Å². The Hall–Kier alpha value is -1.32. The summed E-state index contributed by atoms with van der Waals surface area (Å²) in [5, 5.41) is 2.95. The monoisotopic (exact) mass is 352 g/mol. The minimum absolute atomic E-state index is 0.00112. The van der Waals surface area contributed by atoms with Crippen LogP contribution in [0.15, 0.2) is 24.3 Å². The van der Waals surface area contributed by atoms with E-state index >= 15 is 0 Å². The molecule has 0 radical (unpaired) electrons. The zero-order chi connectivity index (χ0) is 17.1. The van der Waals surface area contributed by atoms with E-state index in [1.807, 2.05) is 0 Å². The van der Waals surface area contributed by atoms with Crippen molar-refractivity contribution >= 4 is 15.7 Å². The van der Waals surface area contributed by atoms with Gasteiger partial charge in [-0.3, -0.25) is 0 Å². The predicted octanol–water partition coefficient (Wildman–Crippen LogP) is 2.38. The Bertz CT molecular complexity index is 634. The summed E-state index contributed by atoms with van der Waals surface area (Å²) in [7, 11) is -2.15. The Morgan fingerprint density at radius 1 is 1.39 bits per heavy atom. The van der Waals surface area contributed by atoms with Gasteiger partial charge in [0.25, 0.3) is 0 Å². The SMILES string of the molecule is COC(c1cccc(NCCN2CCCS2(=O)=O)c1)C(F)(F)F. The van der Waals surface area contributed by atoms with Crippen molar-refractivity contribution in [2.24, 2.45) is 0 Å². The first-order valence-electron chi connectivity index (χ1n) is 7.15. The highest BCUT2D eigenvalue weighted by Crippen LogP contribution is 2.35. The number of ether oxygens (including phenoxy) is 1. The van der Waals surface area contributed by atoms with Crippen molar-refractivity contribution in [3.05, 3.63) is 29.8 Å². The Labute approximate surface area is 133 Å². The van der Waals surface area contributed by atoms with Crippen LogP contribution in [0.1, 0.15) is 18.1 Å². The van der Waals surface area contributed by atoms with E-state index in [1.165, 1.54) is 22.5 Å². The van der Waals surface area contributed by atoms with Crippen molar-refractivity contribution in [1.82, 2.24) is 4.31 Å². The van der Waals surface area contributed by atoms with Crippen molar-refractivity contribution in [3.8, 4) is 0 Å². The molecule has 1 aromatic rings. The van der Waals surface area contributed by atoms with Crippen LogP contribution >= 0.6 is 0 Å². The summed E-state index contributed by atoms with van der Waals surface area (Å²) in [4.78, 5) is 0. The molecule has 1 aliphatic heterocycles.